The molecule has 1 fully saturated rings. The Hall–Kier alpha value is -1.62. The second kappa shape index (κ2) is 5.79. The summed E-state index contributed by atoms with van der Waals surface area (Å²) in [6.07, 6.45) is 10.1. The highest BCUT2D eigenvalue weighted by molar-refractivity contribution is 5.12. The fraction of sp³-hybridized carbons (Fsp3) is 0.600. The average Bonchev–Trinajstić information content (AvgIpc) is 3.17. The highest BCUT2D eigenvalue weighted by Crippen LogP contribution is 2.29. The number of rotatable bonds is 5. The van der Waals surface area contributed by atoms with Crippen molar-refractivity contribution in [2.45, 2.75) is 44.2 Å². The minimum Gasteiger partial charge on any atom is -0.311 e. The lowest BCUT2D eigenvalue weighted by Crippen LogP contribution is -2.22. The number of nitrogens with zero attached hydrogens (tertiary/aromatic N) is 4. The van der Waals surface area contributed by atoms with Crippen molar-refractivity contribution in [3.63, 3.8) is 0 Å². The fourth-order valence-corrected chi connectivity index (χ4v) is 3.15. The fourth-order valence-electron chi connectivity index (χ4n) is 3.15. The van der Waals surface area contributed by atoms with Crippen LogP contribution in [0.5, 0.6) is 0 Å². The summed E-state index contributed by atoms with van der Waals surface area (Å²) in [4.78, 5) is 0. The van der Waals surface area contributed by atoms with Gasteiger partial charge in [0.25, 0.3) is 0 Å². The van der Waals surface area contributed by atoms with Crippen LogP contribution in [-0.4, -0.2) is 26.6 Å². The molecule has 1 atom stereocenters. The minimum absolute atomic E-state index is 0.259. The molecule has 0 radical (unpaired) electrons. The molecule has 1 aliphatic carbocycles. The number of hydrogen-bond donors (Lipinski definition) is 1. The maximum absolute atomic E-state index is 4.77. The third-order valence-electron chi connectivity index (χ3n) is 4.34. The molecular formula is C15H23N5. The Morgan fingerprint density at radius 1 is 1.35 bits per heavy atom. The Bertz CT molecular complexity index is 550. The van der Waals surface area contributed by atoms with E-state index in [0.717, 1.165) is 12.1 Å². The van der Waals surface area contributed by atoms with Crippen molar-refractivity contribution >= 4 is 0 Å². The zero-order valence-corrected chi connectivity index (χ0v) is 12.3. The summed E-state index contributed by atoms with van der Waals surface area (Å²) in [5.74, 6) is 0. The predicted octanol–water partition coefficient (Wildman–Crippen LogP) is 2.23. The van der Waals surface area contributed by atoms with Gasteiger partial charge in [0.1, 0.15) is 0 Å². The van der Waals surface area contributed by atoms with Crippen molar-refractivity contribution in [1.29, 1.82) is 0 Å². The van der Waals surface area contributed by atoms with Crippen LogP contribution in [0.3, 0.4) is 0 Å². The van der Waals surface area contributed by atoms with Gasteiger partial charge < -0.3 is 5.32 Å². The standard InChI is InChI=1S/C15H23N5/c1-16-14(15-7-9-17-19(15)2)11-12-8-10-20(18-12)13-5-3-4-6-13/h7-10,13-14,16H,3-6,11H2,1-2H3. The maximum Gasteiger partial charge on any atom is 0.0644 e. The summed E-state index contributed by atoms with van der Waals surface area (Å²) >= 11 is 0. The van der Waals surface area contributed by atoms with Gasteiger partial charge in [0.15, 0.2) is 0 Å². The molecule has 0 aromatic carbocycles. The first-order valence-corrected chi connectivity index (χ1v) is 7.47. The Morgan fingerprint density at radius 2 is 2.15 bits per heavy atom. The molecule has 1 N–H and O–H groups in total. The first-order chi connectivity index (χ1) is 9.78. The summed E-state index contributed by atoms with van der Waals surface area (Å²) in [7, 11) is 3.97. The van der Waals surface area contributed by atoms with Crippen molar-refractivity contribution < 1.29 is 0 Å². The first kappa shape index (κ1) is 13.4. The van der Waals surface area contributed by atoms with E-state index in [1.165, 1.54) is 31.4 Å². The van der Waals surface area contributed by atoms with E-state index in [0.29, 0.717) is 6.04 Å². The molecule has 0 saturated heterocycles. The molecule has 3 rings (SSSR count). The van der Waals surface area contributed by atoms with E-state index in [1.54, 1.807) is 0 Å². The van der Waals surface area contributed by atoms with Crippen LogP contribution in [0.2, 0.25) is 0 Å². The van der Waals surface area contributed by atoms with Gasteiger partial charge in [-0.2, -0.15) is 10.2 Å². The van der Waals surface area contributed by atoms with Gasteiger partial charge in [-0.05, 0) is 32.0 Å². The van der Waals surface area contributed by atoms with Crippen LogP contribution >= 0.6 is 0 Å². The summed E-state index contributed by atoms with van der Waals surface area (Å²) in [6.45, 7) is 0. The summed E-state index contributed by atoms with van der Waals surface area (Å²) in [6, 6.07) is 5.09. The first-order valence-electron chi connectivity index (χ1n) is 7.47. The Kier molecular flexibility index (Phi) is 3.87. The SMILES string of the molecule is CNC(Cc1ccn(C2CCCC2)n1)c1ccnn1C. The summed E-state index contributed by atoms with van der Waals surface area (Å²) in [5, 5.41) is 12.4. The Morgan fingerprint density at radius 3 is 2.80 bits per heavy atom. The van der Waals surface area contributed by atoms with E-state index in [-0.39, 0.29) is 6.04 Å². The van der Waals surface area contributed by atoms with E-state index < -0.39 is 0 Å². The lowest BCUT2D eigenvalue weighted by atomic mass is 10.1. The van der Waals surface area contributed by atoms with Crippen LogP contribution in [0.1, 0.15) is 49.2 Å². The van der Waals surface area contributed by atoms with Crippen LogP contribution in [0.25, 0.3) is 0 Å². The molecule has 0 spiro atoms. The van der Waals surface area contributed by atoms with Gasteiger partial charge in [0.2, 0.25) is 0 Å². The molecule has 0 amide bonds. The topological polar surface area (TPSA) is 47.7 Å². The van der Waals surface area contributed by atoms with E-state index in [9.17, 15) is 0 Å². The molecule has 1 saturated carbocycles. The quantitative estimate of drug-likeness (QED) is 0.909. The molecule has 5 heteroatoms. The molecule has 1 aliphatic rings. The highest BCUT2D eigenvalue weighted by atomic mass is 15.3. The molecule has 20 heavy (non-hydrogen) atoms. The zero-order chi connectivity index (χ0) is 13.9. The number of aromatic nitrogens is 4. The largest absolute Gasteiger partial charge is 0.311 e. The second-order valence-electron chi connectivity index (χ2n) is 5.65. The maximum atomic E-state index is 4.77. The predicted molar refractivity (Wildman–Crippen MR) is 78.4 cm³/mol. The van der Waals surface area contributed by atoms with Crippen molar-refractivity contribution in [2.24, 2.45) is 7.05 Å². The van der Waals surface area contributed by atoms with Crippen LogP contribution in [0.15, 0.2) is 24.5 Å². The van der Waals surface area contributed by atoms with Gasteiger partial charge in [0.05, 0.1) is 23.5 Å². The Labute approximate surface area is 120 Å². The van der Waals surface area contributed by atoms with Gasteiger partial charge in [-0.25, -0.2) is 0 Å². The smallest absolute Gasteiger partial charge is 0.0644 e. The van der Waals surface area contributed by atoms with Crippen LogP contribution in [0.4, 0.5) is 0 Å². The number of aryl methyl sites for hydroxylation is 1. The third kappa shape index (κ3) is 2.63. The van der Waals surface area contributed by atoms with Crippen molar-refractivity contribution in [2.75, 3.05) is 7.05 Å². The third-order valence-corrected chi connectivity index (χ3v) is 4.34. The molecule has 5 nitrogen and oxygen atoms in total. The van der Waals surface area contributed by atoms with Crippen molar-refractivity contribution in [3.05, 3.63) is 35.9 Å². The normalized spacial score (nSPS) is 17.7. The molecule has 0 bridgehead atoms. The molecule has 2 aromatic rings. The summed E-state index contributed by atoms with van der Waals surface area (Å²) < 4.78 is 4.09. The van der Waals surface area contributed by atoms with Gasteiger partial charge in [-0.15, -0.1) is 0 Å². The molecule has 108 valence electrons. The van der Waals surface area contributed by atoms with Gasteiger partial charge >= 0.3 is 0 Å². The van der Waals surface area contributed by atoms with Gasteiger partial charge in [0, 0.05) is 25.9 Å². The molecular weight excluding hydrogens is 250 g/mol. The van der Waals surface area contributed by atoms with E-state index in [2.05, 4.69) is 33.4 Å². The molecule has 1 unspecified atom stereocenters. The van der Waals surface area contributed by atoms with Gasteiger partial charge in [-0.1, -0.05) is 12.8 Å². The van der Waals surface area contributed by atoms with Crippen LogP contribution < -0.4 is 5.32 Å². The van der Waals surface area contributed by atoms with Crippen LogP contribution in [-0.2, 0) is 13.5 Å². The second-order valence-corrected chi connectivity index (χ2v) is 5.65. The molecule has 2 heterocycles. The number of hydrogen-bond acceptors (Lipinski definition) is 3. The van der Waals surface area contributed by atoms with E-state index in [1.807, 2.05) is 25.0 Å². The monoisotopic (exact) mass is 273 g/mol. The Balaban J connectivity index is 1.71. The lowest BCUT2D eigenvalue weighted by Gasteiger charge is -2.15. The number of likely N-dealkylation sites (N-methyl/N-ethyl adjacent to an activating group) is 1. The van der Waals surface area contributed by atoms with E-state index >= 15 is 0 Å². The molecule has 2 aromatic heterocycles. The highest BCUT2D eigenvalue weighted by Gasteiger charge is 2.19. The average molecular weight is 273 g/mol. The zero-order valence-electron chi connectivity index (χ0n) is 12.3. The van der Waals surface area contributed by atoms with Crippen LogP contribution in [0, 0.1) is 0 Å². The van der Waals surface area contributed by atoms with E-state index in [4.69, 9.17) is 5.10 Å². The van der Waals surface area contributed by atoms with Crippen molar-refractivity contribution in [3.8, 4) is 0 Å². The number of nitrogens with one attached hydrogen (secondary N) is 1. The lowest BCUT2D eigenvalue weighted by molar-refractivity contribution is 0.457. The summed E-state index contributed by atoms with van der Waals surface area (Å²) in [5.41, 5.74) is 2.35. The van der Waals surface area contributed by atoms with Gasteiger partial charge in [-0.3, -0.25) is 9.36 Å². The molecule has 0 aliphatic heterocycles. The van der Waals surface area contributed by atoms with Crippen molar-refractivity contribution in [1.82, 2.24) is 24.9 Å². The minimum atomic E-state index is 0.259.